The molecule has 1 rings (SSSR count). The molecule has 0 radical (unpaired) electrons. The van der Waals surface area contributed by atoms with Crippen molar-refractivity contribution in [2.24, 2.45) is 5.73 Å². The Bertz CT molecular complexity index is 193. The topological polar surface area (TPSA) is 95.9 Å². The first-order chi connectivity index (χ1) is 4.29. The number of nitrogens with zero attached hydrogens (tertiary/aromatic N) is 4. The van der Waals surface area contributed by atoms with Gasteiger partial charge in [-0.3, -0.25) is 4.84 Å². The van der Waals surface area contributed by atoms with Crippen LogP contribution in [0.3, 0.4) is 0 Å². The molecule has 0 saturated carbocycles. The second kappa shape index (κ2) is 2.07. The van der Waals surface area contributed by atoms with Crippen LogP contribution in [0.4, 0.5) is 4.79 Å². The van der Waals surface area contributed by atoms with Gasteiger partial charge in [0.1, 0.15) is 0 Å². The molecule has 0 saturated heterocycles. The number of aromatic nitrogens is 4. The van der Waals surface area contributed by atoms with Crippen molar-refractivity contribution in [3.8, 4) is 0 Å². The molecule has 0 aliphatic heterocycles. The minimum Gasteiger partial charge on any atom is -0.333 e. The maximum absolute atomic E-state index is 9.95. The molecule has 9 heavy (non-hydrogen) atoms. The van der Waals surface area contributed by atoms with E-state index in [0.717, 1.165) is 11.2 Å². The van der Waals surface area contributed by atoms with E-state index in [1.807, 2.05) is 0 Å². The van der Waals surface area contributed by atoms with Gasteiger partial charge >= 0.3 is 6.09 Å². The van der Waals surface area contributed by atoms with Gasteiger partial charge in [-0.2, -0.15) is 0 Å². The summed E-state index contributed by atoms with van der Waals surface area (Å²) >= 11 is 0. The van der Waals surface area contributed by atoms with Gasteiger partial charge < -0.3 is 5.73 Å². The molecule has 0 aliphatic rings. The van der Waals surface area contributed by atoms with Crippen LogP contribution in [-0.2, 0) is 0 Å². The number of nitrogens with two attached hydrogens (primary N) is 1. The van der Waals surface area contributed by atoms with Crippen LogP contribution < -0.4 is 10.6 Å². The fourth-order valence-electron chi connectivity index (χ4n) is 0.287. The van der Waals surface area contributed by atoms with E-state index in [2.05, 4.69) is 26.1 Å². The van der Waals surface area contributed by atoms with Crippen molar-refractivity contribution in [2.45, 2.75) is 0 Å². The Kier molecular flexibility index (Phi) is 1.26. The summed E-state index contributed by atoms with van der Waals surface area (Å²) in [5, 5.41) is 9.54. The van der Waals surface area contributed by atoms with Gasteiger partial charge in [-0.05, 0) is 10.4 Å². The first-order valence-corrected chi connectivity index (χ1v) is 2.00. The smallest absolute Gasteiger partial charge is 0.333 e. The third-order valence-corrected chi connectivity index (χ3v) is 0.514. The predicted octanol–water partition coefficient (Wildman–Crippen LogP) is -1.82. The lowest BCUT2D eigenvalue weighted by Crippen LogP contribution is -2.25. The van der Waals surface area contributed by atoms with Gasteiger partial charge in [0.2, 0.25) is 0 Å². The minimum atomic E-state index is -0.956. The van der Waals surface area contributed by atoms with Crippen LogP contribution in [0.25, 0.3) is 0 Å². The summed E-state index contributed by atoms with van der Waals surface area (Å²) in [5.74, 6) is 0. The number of carbonyl (C=O) groups is 1. The Labute approximate surface area is 49.3 Å². The van der Waals surface area contributed by atoms with E-state index < -0.39 is 6.09 Å². The molecule has 1 heterocycles. The first-order valence-electron chi connectivity index (χ1n) is 2.00. The van der Waals surface area contributed by atoms with Crippen LogP contribution in [0.2, 0.25) is 0 Å². The van der Waals surface area contributed by atoms with E-state index in [4.69, 9.17) is 0 Å². The summed E-state index contributed by atoms with van der Waals surface area (Å²) < 4.78 is 0. The van der Waals surface area contributed by atoms with Gasteiger partial charge in [-0.1, -0.05) is 4.85 Å². The predicted molar refractivity (Wildman–Crippen MR) is 24.0 cm³/mol. The average molecular weight is 129 g/mol. The van der Waals surface area contributed by atoms with Crippen LogP contribution in [0, 0.1) is 0 Å². The van der Waals surface area contributed by atoms with E-state index in [0.29, 0.717) is 0 Å². The normalized spacial score (nSPS) is 8.89. The van der Waals surface area contributed by atoms with E-state index in [1.165, 1.54) is 0 Å². The highest BCUT2D eigenvalue weighted by Gasteiger charge is 1.94. The van der Waals surface area contributed by atoms with Crippen LogP contribution in [-0.4, -0.2) is 26.5 Å². The van der Waals surface area contributed by atoms with Crippen molar-refractivity contribution in [2.75, 3.05) is 0 Å². The lowest BCUT2D eigenvalue weighted by molar-refractivity contribution is 0.122. The Morgan fingerprint density at radius 1 is 1.78 bits per heavy atom. The minimum absolute atomic E-state index is 0.752. The van der Waals surface area contributed by atoms with E-state index in [-0.39, 0.29) is 0 Å². The highest BCUT2D eigenvalue weighted by atomic mass is 16.7. The largest absolute Gasteiger partial charge is 0.430 e. The summed E-state index contributed by atoms with van der Waals surface area (Å²) in [4.78, 5) is 14.9. The van der Waals surface area contributed by atoms with Crippen LogP contribution in [0.1, 0.15) is 0 Å². The zero-order valence-corrected chi connectivity index (χ0v) is 4.26. The molecule has 1 aromatic heterocycles. The molecular formula is C2H3N5O2. The standard InChI is InChI=1S/C2H3N5O2/c3-2(8)9-7-1-4-5-6-7/h1H,(H2,3,8). The fourth-order valence-corrected chi connectivity index (χ4v) is 0.287. The van der Waals surface area contributed by atoms with Gasteiger partial charge in [0, 0.05) is 0 Å². The molecule has 0 aromatic carbocycles. The van der Waals surface area contributed by atoms with Crippen molar-refractivity contribution < 1.29 is 9.63 Å². The maximum Gasteiger partial charge on any atom is 0.430 e. The Morgan fingerprint density at radius 3 is 3.00 bits per heavy atom. The van der Waals surface area contributed by atoms with Gasteiger partial charge in [-0.25, -0.2) is 4.79 Å². The molecule has 1 aromatic rings. The van der Waals surface area contributed by atoms with Crippen molar-refractivity contribution in [1.29, 1.82) is 0 Å². The molecule has 0 spiro atoms. The van der Waals surface area contributed by atoms with Gasteiger partial charge in [-0.15, -0.1) is 5.10 Å². The summed E-state index contributed by atoms with van der Waals surface area (Å²) in [7, 11) is 0. The lowest BCUT2D eigenvalue weighted by atomic mass is 11.3. The SMILES string of the molecule is NC(=O)On1cnnn1. The van der Waals surface area contributed by atoms with Crippen LogP contribution in [0.5, 0.6) is 0 Å². The number of rotatable bonds is 1. The third-order valence-electron chi connectivity index (χ3n) is 0.514. The molecular weight excluding hydrogens is 126 g/mol. The molecule has 0 fully saturated rings. The Balaban J connectivity index is 2.58. The molecule has 0 bridgehead atoms. The second-order valence-corrected chi connectivity index (χ2v) is 1.12. The number of hydrogen-bond acceptors (Lipinski definition) is 5. The molecule has 48 valence electrons. The molecule has 7 nitrogen and oxygen atoms in total. The number of hydrogen-bond donors (Lipinski definition) is 1. The van der Waals surface area contributed by atoms with Crippen molar-refractivity contribution in [3.63, 3.8) is 0 Å². The fraction of sp³-hybridized carbons (Fsp3) is 0. The Morgan fingerprint density at radius 2 is 2.56 bits per heavy atom. The zero-order valence-electron chi connectivity index (χ0n) is 4.26. The monoisotopic (exact) mass is 129 g/mol. The first kappa shape index (κ1) is 5.48. The molecule has 0 unspecified atom stereocenters. The third kappa shape index (κ3) is 1.37. The van der Waals surface area contributed by atoms with Crippen molar-refractivity contribution in [3.05, 3.63) is 6.33 Å². The number of tetrazole rings is 1. The molecule has 0 atom stereocenters. The van der Waals surface area contributed by atoms with Crippen molar-refractivity contribution in [1.82, 2.24) is 20.4 Å². The molecule has 1 amide bonds. The van der Waals surface area contributed by atoms with E-state index in [9.17, 15) is 4.79 Å². The Hall–Kier alpha value is -1.66. The molecule has 7 heteroatoms. The number of amides is 1. The summed E-state index contributed by atoms with van der Waals surface area (Å²) in [5.41, 5.74) is 4.61. The molecule has 2 N–H and O–H groups in total. The number of carbonyl (C=O) groups excluding carboxylic acids is 1. The van der Waals surface area contributed by atoms with Crippen LogP contribution in [0.15, 0.2) is 6.33 Å². The number of primary amides is 1. The quantitative estimate of drug-likeness (QED) is 0.450. The average Bonchev–Trinajstić information content (AvgIpc) is 2.15. The van der Waals surface area contributed by atoms with Gasteiger partial charge in [0.05, 0.1) is 0 Å². The van der Waals surface area contributed by atoms with Crippen LogP contribution >= 0.6 is 0 Å². The van der Waals surface area contributed by atoms with E-state index >= 15 is 0 Å². The van der Waals surface area contributed by atoms with Gasteiger partial charge in [0.25, 0.3) is 0 Å². The highest BCUT2D eigenvalue weighted by Crippen LogP contribution is 1.67. The van der Waals surface area contributed by atoms with Crippen molar-refractivity contribution >= 4 is 6.09 Å². The summed E-state index contributed by atoms with van der Waals surface area (Å²) in [6.07, 6.45) is 0.146. The zero-order chi connectivity index (χ0) is 6.69. The maximum atomic E-state index is 9.95. The lowest BCUT2D eigenvalue weighted by Gasteiger charge is -1.91. The highest BCUT2D eigenvalue weighted by molar-refractivity contribution is 5.64. The second-order valence-electron chi connectivity index (χ2n) is 1.12. The molecule has 0 aliphatic carbocycles. The summed E-state index contributed by atoms with van der Waals surface area (Å²) in [6.45, 7) is 0. The summed E-state index contributed by atoms with van der Waals surface area (Å²) in [6, 6.07) is 0. The van der Waals surface area contributed by atoms with E-state index in [1.54, 1.807) is 0 Å². The van der Waals surface area contributed by atoms with Gasteiger partial charge in [0.15, 0.2) is 6.33 Å².